The lowest BCUT2D eigenvalue weighted by atomic mass is 10.0. The topological polar surface area (TPSA) is 40.5 Å². The lowest BCUT2D eigenvalue weighted by molar-refractivity contribution is 0.238. The van der Waals surface area contributed by atoms with Crippen LogP contribution >= 0.6 is 0 Å². The van der Waals surface area contributed by atoms with Gasteiger partial charge in [0, 0.05) is 0 Å². The first-order chi connectivity index (χ1) is 15.7. The molecule has 2 aromatic rings. The van der Waals surface area contributed by atoms with E-state index in [1.165, 1.54) is 77.0 Å². The van der Waals surface area contributed by atoms with Crippen LogP contribution in [-0.2, 0) is 6.42 Å². The van der Waals surface area contributed by atoms with Gasteiger partial charge in [0.2, 0.25) is 0 Å². The Hall–Kier alpha value is -2.24. The lowest BCUT2D eigenvalue weighted by Gasteiger charge is -2.05. The number of hydrogen-bond donors (Lipinski definition) is 2. The highest BCUT2D eigenvalue weighted by Crippen LogP contribution is 2.21. The van der Waals surface area contributed by atoms with Gasteiger partial charge in [-0.1, -0.05) is 132 Å². The van der Waals surface area contributed by atoms with E-state index in [-0.39, 0.29) is 5.75 Å². The van der Waals surface area contributed by atoms with Gasteiger partial charge in [-0.25, -0.2) is 0 Å². The van der Waals surface area contributed by atoms with Gasteiger partial charge in [-0.05, 0) is 36.1 Å². The molecule has 0 spiro atoms. The van der Waals surface area contributed by atoms with Crippen LogP contribution in [0.3, 0.4) is 0 Å². The Morgan fingerprint density at radius 2 is 1.28 bits per heavy atom. The monoisotopic (exact) mass is 434 g/mol. The Kier molecular flexibility index (Phi) is 13.3. The summed E-state index contributed by atoms with van der Waals surface area (Å²) in [5, 5.41) is 20.5. The van der Waals surface area contributed by atoms with Crippen LogP contribution in [0, 0.1) is 11.8 Å². The lowest BCUT2D eigenvalue weighted by Crippen LogP contribution is -1.93. The van der Waals surface area contributed by atoms with Crippen LogP contribution in [0.25, 0.3) is 0 Å². The highest BCUT2D eigenvalue weighted by atomic mass is 16.3. The molecule has 174 valence electrons. The summed E-state index contributed by atoms with van der Waals surface area (Å²) in [6.07, 6.45) is 17.8. The Labute approximate surface area is 196 Å². The SMILES string of the molecule is CCCCCCCCCCCCCCCc1ccc(C#CC(O)c2ccccc2)c(O)c1. The second-order valence-corrected chi connectivity index (χ2v) is 8.93. The van der Waals surface area contributed by atoms with E-state index in [1.807, 2.05) is 48.5 Å². The minimum Gasteiger partial charge on any atom is -0.507 e. The second-order valence-electron chi connectivity index (χ2n) is 8.93. The quantitative estimate of drug-likeness (QED) is 0.219. The van der Waals surface area contributed by atoms with E-state index in [0.29, 0.717) is 5.56 Å². The van der Waals surface area contributed by atoms with Crippen LogP contribution < -0.4 is 0 Å². The fraction of sp³-hybridized carbons (Fsp3) is 0.533. The molecule has 32 heavy (non-hydrogen) atoms. The zero-order valence-corrected chi connectivity index (χ0v) is 20.0. The van der Waals surface area contributed by atoms with Crippen molar-refractivity contribution >= 4 is 0 Å². The number of phenols is 1. The number of aliphatic hydroxyl groups excluding tert-OH is 1. The van der Waals surface area contributed by atoms with Gasteiger partial charge in [0.05, 0.1) is 5.56 Å². The first-order valence-corrected chi connectivity index (χ1v) is 12.8. The summed E-state index contributed by atoms with van der Waals surface area (Å²) < 4.78 is 0. The summed E-state index contributed by atoms with van der Waals surface area (Å²) in [7, 11) is 0. The van der Waals surface area contributed by atoms with E-state index < -0.39 is 6.10 Å². The number of aromatic hydroxyl groups is 1. The third-order valence-electron chi connectivity index (χ3n) is 6.09. The molecule has 0 fully saturated rings. The highest BCUT2D eigenvalue weighted by molar-refractivity contribution is 5.48. The predicted octanol–water partition coefficient (Wildman–Crippen LogP) is 8.11. The molecule has 2 heteroatoms. The maximum Gasteiger partial charge on any atom is 0.140 e. The van der Waals surface area contributed by atoms with Crippen LogP contribution in [0.4, 0.5) is 0 Å². The molecule has 0 aliphatic heterocycles. The average Bonchev–Trinajstić information content (AvgIpc) is 2.82. The van der Waals surface area contributed by atoms with Crippen LogP contribution in [0.1, 0.15) is 113 Å². The summed E-state index contributed by atoms with van der Waals surface area (Å²) in [6.45, 7) is 2.27. The van der Waals surface area contributed by atoms with Crippen molar-refractivity contribution in [2.24, 2.45) is 0 Å². The molecule has 0 saturated carbocycles. The molecule has 1 unspecified atom stereocenters. The highest BCUT2D eigenvalue weighted by Gasteiger charge is 2.04. The number of unbranched alkanes of at least 4 members (excludes halogenated alkanes) is 12. The number of aliphatic hydroxyl groups is 1. The molecular formula is C30H42O2. The number of phenolic OH excluding ortho intramolecular Hbond substituents is 1. The Morgan fingerprint density at radius 3 is 1.84 bits per heavy atom. The maximum absolute atomic E-state index is 10.3. The van der Waals surface area contributed by atoms with E-state index in [1.54, 1.807) is 0 Å². The summed E-state index contributed by atoms with van der Waals surface area (Å²) >= 11 is 0. The molecule has 0 aromatic heterocycles. The van der Waals surface area contributed by atoms with Gasteiger partial charge in [-0.2, -0.15) is 0 Å². The molecule has 2 rings (SSSR count). The zero-order chi connectivity index (χ0) is 22.9. The van der Waals surface area contributed by atoms with E-state index >= 15 is 0 Å². The largest absolute Gasteiger partial charge is 0.507 e. The van der Waals surface area contributed by atoms with Gasteiger partial charge >= 0.3 is 0 Å². The molecular weight excluding hydrogens is 392 g/mol. The minimum atomic E-state index is -0.846. The second kappa shape index (κ2) is 16.4. The normalized spacial score (nSPS) is 11.7. The Morgan fingerprint density at radius 1 is 0.719 bits per heavy atom. The summed E-state index contributed by atoms with van der Waals surface area (Å²) in [5.41, 5.74) is 2.48. The first kappa shape index (κ1) is 26.0. The fourth-order valence-electron chi connectivity index (χ4n) is 4.05. The van der Waals surface area contributed by atoms with Crippen molar-refractivity contribution < 1.29 is 10.2 Å². The zero-order valence-electron chi connectivity index (χ0n) is 20.0. The van der Waals surface area contributed by atoms with E-state index in [4.69, 9.17) is 0 Å². The third kappa shape index (κ3) is 10.9. The summed E-state index contributed by atoms with van der Waals surface area (Å²) in [4.78, 5) is 0. The molecule has 0 bridgehead atoms. The molecule has 0 radical (unpaired) electrons. The van der Waals surface area contributed by atoms with Crippen LogP contribution in [0.2, 0.25) is 0 Å². The molecule has 0 heterocycles. The van der Waals surface area contributed by atoms with Crippen molar-refractivity contribution in [2.75, 3.05) is 0 Å². The van der Waals surface area contributed by atoms with Gasteiger partial charge in [0.1, 0.15) is 11.9 Å². The Bertz CT molecular complexity index is 801. The smallest absolute Gasteiger partial charge is 0.140 e. The van der Waals surface area contributed by atoms with Gasteiger partial charge in [0.25, 0.3) is 0 Å². The van der Waals surface area contributed by atoms with Crippen molar-refractivity contribution in [3.63, 3.8) is 0 Å². The van der Waals surface area contributed by atoms with Crippen molar-refractivity contribution in [2.45, 2.75) is 103 Å². The number of aryl methyl sites for hydroxylation is 1. The van der Waals surface area contributed by atoms with Crippen molar-refractivity contribution in [1.29, 1.82) is 0 Å². The van der Waals surface area contributed by atoms with Crippen LogP contribution in [0.5, 0.6) is 5.75 Å². The maximum atomic E-state index is 10.3. The average molecular weight is 435 g/mol. The molecule has 1 atom stereocenters. The number of hydrogen-bond acceptors (Lipinski definition) is 2. The number of benzene rings is 2. The molecule has 2 nitrogen and oxygen atoms in total. The minimum absolute atomic E-state index is 0.199. The van der Waals surface area contributed by atoms with Crippen LogP contribution in [0.15, 0.2) is 48.5 Å². The third-order valence-corrected chi connectivity index (χ3v) is 6.09. The standard InChI is InChI=1S/C30H42O2/c1-2-3-4-5-6-7-8-9-10-11-12-13-15-18-26-21-22-28(30(32)25-26)23-24-29(31)27-19-16-14-17-20-27/h14,16-17,19-22,25,29,31-32H,2-13,15,18H2,1H3. The molecule has 0 saturated heterocycles. The van der Waals surface area contributed by atoms with Crippen molar-refractivity contribution in [1.82, 2.24) is 0 Å². The Balaban J connectivity index is 1.57. The fourth-order valence-corrected chi connectivity index (χ4v) is 4.05. The first-order valence-electron chi connectivity index (χ1n) is 12.8. The van der Waals surface area contributed by atoms with Crippen molar-refractivity contribution in [3.05, 3.63) is 65.2 Å². The number of rotatable bonds is 15. The van der Waals surface area contributed by atoms with E-state index in [0.717, 1.165) is 24.0 Å². The molecule has 0 amide bonds. The van der Waals surface area contributed by atoms with Gasteiger partial charge < -0.3 is 10.2 Å². The summed E-state index contributed by atoms with van der Waals surface area (Å²) in [5.74, 6) is 5.92. The molecule has 2 N–H and O–H groups in total. The van der Waals surface area contributed by atoms with Gasteiger partial charge in [-0.15, -0.1) is 0 Å². The van der Waals surface area contributed by atoms with Crippen LogP contribution in [-0.4, -0.2) is 10.2 Å². The predicted molar refractivity (Wildman–Crippen MR) is 136 cm³/mol. The van der Waals surface area contributed by atoms with Gasteiger partial charge in [0.15, 0.2) is 0 Å². The molecule has 0 aliphatic carbocycles. The van der Waals surface area contributed by atoms with E-state index in [2.05, 4.69) is 18.8 Å². The van der Waals surface area contributed by atoms with Crippen molar-refractivity contribution in [3.8, 4) is 17.6 Å². The molecule has 2 aromatic carbocycles. The van der Waals surface area contributed by atoms with Gasteiger partial charge in [-0.3, -0.25) is 0 Å². The van der Waals surface area contributed by atoms with E-state index in [9.17, 15) is 10.2 Å². The summed E-state index contributed by atoms with van der Waals surface area (Å²) in [6, 6.07) is 15.1. The molecule has 0 aliphatic rings.